The van der Waals surface area contributed by atoms with Crippen molar-refractivity contribution in [2.24, 2.45) is 0 Å². The van der Waals surface area contributed by atoms with Crippen molar-refractivity contribution in [2.75, 3.05) is 37.4 Å². The summed E-state index contributed by atoms with van der Waals surface area (Å²) in [6.07, 6.45) is 7.30. The molecule has 1 fully saturated rings. The number of nitrogens with zero attached hydrogens (tertiary/aromatic N) is 1. The van der Waals surface area contributed by atoms with Crippen molar-refractivity contribution >= 4 is 39.8 Å². The van der Waals surface area contributed by atoms with Crippen LogP contribution in [0.2, 0.25) is 0 Å². The molecule has 0 radical (unpaired) electrons. The first-order valence-electron chi connectivity index (χ1n) is 11.6. The van der Waals surface area contributed by atoms with Gasteiger partial charge in [-0.25, -0.2) is 0 Å². The molecule has 5 rings (SSSR count). The predicted molar refractivity (Wildman–Crippen MR) is 132 cm³/mol. The molecule has 0 saturated carbocycles. The van der Waals surface area contributed by atoms with Gasteiger partial charge in [0, 0.05) is 58.1 Å². The number of rotatable bonds is 6. The van der Waals surface area contributed by atoms with E-state index in [9.17, 15) is 9.90 Å². The van der Waals surface area contributed by atoms with Crippen molar-refractivity contribution in [1.82, 2.24) is 9.88 Å². The second-order valence-electron chi connectivity index (χ2n) is 8.76. The number of methoxy groups -OCH3 is 1. The number of amides is 1. The molecule has 0 spiro atoms. The lowest BCUT2D eigenvalue weighted by molar-refractivity contribution is -0.116. The molecule has 172 valence electrons. The number of aromatic amines is 1. The molecule has 4 N–H and O–H groups in total. The lowest BCUT2D eigenvalue weighted by Crippen LogP contribution is -2.32. The zero-order chi connectivity index (χ0) is 22.8. The molecule has 3 heterocycles. The Morgan fingerprint density at radius 3 is 2.88 bits per heavy atom. The number of aliphatic hydroxyl groups excluding tert-OH is 1. The third-order valence-electron chi connectivity index (χ3n) is 6.54. The highest BCUT2D eigenvalue weighted by Gasteiger charge is 2.25. The van der Waals surface area contributed by atoms with Gasteiger partial charge in [0.25, 0.3) is 0 Å². The number of aliphatic hydroxyl groups is 1. The van der Waals surface area contributed by atoms with Gasteiger partial charge in [-0.2, -0.15) is 0 Å². The SMILES string of the molecule is COc1ccc2[nH]cc(C=C3c4cc(NC(=O)CCN5CCCCC5)ccc4NC3O)c2c1. The summed E-state index contributed by atoms with van der Waals surface area (Å²) >= 11 is 0. The van der Waals surface area contributed by atoms with Gasteiger partial charge < -0.3 is 30.4 Å². The first kappa shape index (κ1) is 21.6. The molecule has 0 aliphatic carbocycles. The lowest BCUT2D eigenvalue weighted by atomic mass is 10.0. The molecular weight excluding hydrogens is 416 g/mol. The highest BCUT2D eigenvalue weighted by Crippen LogP contribution is 2.38. The van der Waals surface area contributed by atoms with Gasteiger partial charge in [0.2, 0.25) is 5.91 Å². The van der Waals surface area contributed by atoms with Crippen molar-refractivity contribution in [3.05, 3.63) is 53.7 Å². The van der Waals surface area contributed by atoms with Crippen molar-refractivity contribution in [3.63, 3.8) is 0 Å². The minimum absolute atomic E-state index is 0.0151. The standard InChI is InChI=1S/C26H30N4O3/c1-33-19-6-8-23-20(15-19)17(16-27-23)13-22-21-14-18(5-7-24(21)29-26(22)32)28-25(31)9-12-30-10-3-2-4-11-30/h5-8,13-16,26-27,29,32H,2-4,9-12H2,1H3,(H,28,31). The van der Waals surface area contributed by atoms with Gasteiger partial charge in [-0.15, -0.1) is 0 Å². The number of benzene rings is 2. The number of carbonyl (C=O) groups is 1. The number of fused-ring (bicyclic) bond motifs is 2. The first-order valence-corrected chi connectivity index (χ1v) is 11.6. The van der Waals surface area contributed by atoms with E-state index >= 15 is 0 Å². The second kappa shape index (κ2) is 9.29. The average molecular weight is 447 g/mol. The minimum atomic E-state index is -0.819. The molecule has 1 saturated heterocycles. The molecule has 0 bridgehead atoms. The summed E-state index contributed by atoms with van der Waals surface area (Å²) in [7, 11) is 1.65. The molecule has 7 nitrogen and oxygen atoms in total. The molecule has 3 aromatic rings. The largest absolute Gasteiger partial charge is 0.497 e. The normalized spacial score (nSPS) is 19.5. The topological polar surface area (TPSA) is 89.6 Å². The van der Waals surface area contributed by atoms with E-state index in [2.05, 4.69) is 20.5 Å². The number of hydrogen-bond acceptors (Lipinski definition) is 5. The fourth-order valence-electron chi connectivity index (χ4n) is 4.72. The highest BCUT2D eigenvalue weighted by atomic mass is 16.5. The van der Waals surface area contributed by atoms with Crippen LogP contribution in [0.5, 0.6) is 5.75 Å². The predicted octanol–water partition coefficient (Wildman–Crippen LogP) is 4.28. The average Bonchev–Trinajstić information content (AvgIpc) is 3.38. The number of carbonyl (C=O) groups excluding carboxylic acids is 1. The fourth-order valence-corrected chi connectivity index (χ4v) is 4.72. The molecule has 7 heteroatoms. The Hall–Kier alpha value is -3.29. The van der Waals surface area contributed by atoms with E-state index in [1.807, 2.05) is 48.7 Å². The van der Waals surface area contributed by atoms with Crippen LogP contribution in [0.1, 0.15) is 36.8 Å². The fraction of sp³-hybridized carbons (Fsp3) is 0.346. The van der Waals surface area contributed by atoms with Crippen LogP contribution in [-0.4, -0.2) is 53.9 Å². The zero-order valence-electron chi connectivity index (χ0n) is 18.9. The van der Waals surface area contributed by atoms with E-state index in [1.165, 1.54) is 19.3 Å². The Morgan fingerprint density at radius 1 is 1.21 bits per heavy atom. The monoisotopic (exact) mass is 446 g/mol. The van der Waals surface area contributed by atoms with Gasteiger partial charge in [-0.05, 0) is 68.4 Å². The van der Waals surface area contributed by atoms with Gasteiger partial charge in [-0.1, -0.05) is 6.42 Å². The van der Waals surface area contributed by atoms with Gasteiger partial charge in [0.05, 0.1) is 7.11 Å². The molecule has 1 amide bonds. The maximum absolute atomic E-state index is 12.5. The summed E-state index contributed by atoms with van der Waals surface area (Å²) in [5.74, 6) is 0.795. The van der Waals surface area contributed by atoms with Crippen molar-refractivity contribution in [2.45, 2.75) is 31.9 Å². The number of anilines is 2. The van der Waals surface area contributed by atoms with Crippen molar-refractivity contribution in [3.8, 4) is 5.75 Å². The minimum Gasteiger partial charge on any atom is -0.497 e. The summed E-state index contributed by atoms with van der Waals surface area (Å²) in [5.41, 5.74) is 5.19. The number of ether oxygens (including phenoxy) is 1. The Kier molecular flexibility index (Phi) is 6.07. The van der Waals surface area contributed by atoms with Crippen LogP contribution < -0.4 is 15.4 Å². The van der Waals surface area contributed by atoms with Crippen molar-refractivity contribution in [1.29, 1.82) is 0 Å². The zero-order valence-corrected chi connectivity index (χ0v) is 18.9. The summed E-state index contributed by atoms with van der Waals surface area (Å²) in [6, 6.07) is 11.6. The van der Waals surface area contributed by atoms with Gasteiger partial charge in [0.15, 0.2) is 6.23 Å². The number of nitrogens with one attached hydrogen (secondary N) is 3. The van der Waals surface area contributed by atoms with E-state index in [0.29, 0.717) is 6.42 Å². The van der Waals surface area contributed by atoms with Crippen LogP contribution in [-0.2, 0) is 4.79 Å². The maximum Gasteiger partial charge on any atom is 0.225 e. The molecule has 1 atom stereocenters. The Balaban J connectivity index is 1.35. The summed E-state index contributed by atoms with van der Waals surface area (Å²) in [4.78, 5) is 18.2. The van der Waals surface area contributed by atoms with Gasteiger partial charge in [-0.3, -0.25) is 4.79 Å². The molecule has 2 aromatic carbocycles. The van der Waals surface area contributed by atoms with E-state index in [-0.39, 0.29) is 5.91 Å². The van der Waals surface area contributed by atoms with Crippen LogP contribution in [0.4, 0.5) is 11.4 Å². The molecule has 2 aliphatic rings. The number of H-pyrrole nitrogens is 1. The molecular formula is C26H30N4O3. The Morgan fingerprint density at radius 2 is 2.06 bits per heavy atom. The van der Waals surface area contributed by atoms with E-state index < -0.39 is 6.23 Å². The lowest BCUT2D eigenvalue weighted by Gasteiger charge is -2.25. The molecule has 2 aliphatic heterocycles. The van der Waals surface area contributed by atoms with Crippen LogP contribution in [0.3, 0.4) is 0 Å². The van der Waals surface area contributed by atoms with E-state index in [4.69, 9.17) is 4.74 Å². The first-order chi connectivity index (χ1) is 16.1. The van der Waals surface area contributed by atoms with Gasteiger partial charge >= 0.3 is 0 Å². The number of likely N-dealkylation sites (tertiary alicyclic amines) is 1. The smallest absolute Gasteiger partial charge is 0.225 e. The summed E-state index contributed by atoms with van der Waals surface area (Å²) in [5, 5.41) is 17.8. The summed E-state index contributed by atoms with van der Waals surface area (Å²) in [6.45, 7) is 2.97. The number of aromatic nitrogens is 1. The number of hydrogen-bond donors (Lipinski definition) is 4. The van der Waals surface area contributed by atoms with E-state index in [1.54, 1.807) is 7.11 Å². The highest BCUT2D eigenvalue weighted by molar-refractivity contribution is 6.01. The van der Waals surface area contributed by atoms with Gasteiger partial charge in [0.1, 0.15) is 5.75 Å². The van der Waals surface area contributed by atoms with Crippen LogP contribution in [0, 0.1) is 0 Å². The van der Waals surface area contributed by atoms with Crippen molar-refractivity contribution < 1.29 is 14.6 Å². The second-order valence-corrected chi connectivity index (χ2v) is 8.76. The van der Waals surface area contributed by atoms with Crippen LogP contribution in [0.25, 0.3) is 22.6 Å². The number of piperidine rings is 1. The quantitative estimate of drug-likeness (QED) is 0.454. The third-order valence-corrected chi connectivity index (χ3v) is 6.54. The van der Waals surface area contributed by atoms with E-state index in [0.717, 1.165) is 64.4 Å². The Labute approximate surface area is 193 Å². The maximum atomic E-state index is 12.5. The summed E-state index contributed by atoms with van der Waals surface area (Å²) < 4.78 is 5.37. The third kappa shape index (κ3) is 4.60. The Bertz CT molecular complexity index is 1190. The molecule has 1 unspecified atom stereocenters. The van der Waals surface area contributed by atoms with Crippen LogP contribution >= 0.6 is 0 Å². The molecule has 1 aromatic heterocycles. The molecule has 33 heavy (non-hydrogen) atoms. The van der Waals surface area contributed by atoms with Crippen LogP contribution in [0.15, 0.2) is 42.6 Å².